The number of halogens is 3. The minimum absolute atomic E-state index is 0.0320. The molecule has 0 radical (unpaired) electrons. The van der Waals surface area contributed by atoms with E-state index in [2.05, 4.69) is 9.97 Å². The van der Waals surface area contributed by atoms with E-state index in [1.54, 1.807) is 30.5 Å². The molecule has 30 heavy (non-hydrogen) atoms. The van der Waals surface area contributed by atoms with Gasteiger partial charge in [-0.3, -0.25) is 14.7 Å². The second-order valence-electron chi connectivity index (χ2n) is 6.25. The van der Waals surface area contributed by atoms with Crippen molar-refractivity contribution in [1.29, 1.82) is 0 Å². The Morgan fingerprint density at radius 2 is 1.83 bits per heavy atom. The zero-order valence-corrected chi connectivity index (χ0v) is 16.2. The Bertz CT molecular complexity index is 1200. The minimum atomic E-state index is -0.819. The first-order chi connectivity index (χ1) is 14.5. The van der Waals surface area contributed by atoms with E-state index in [1.807, 2.05) is 0 Å². The summed E-state index contributed by atoms with van der Waals surface area (Å²) in [4.78, 5) is 22.5. The van der Waals surface area contributed by atoms with Crippen molar-refractivity contribution in [1.82, 2.24) is 9.97 Å². The van der Waals surface area contributed by atoms with Crippen LogP contribution in [0.3, 0.4) is 0 Å². The average Bonchev–Trinajstić information content (AvgIpc) is 3.16. The van der Waals surface area contributed by atoms with E-state index in [1.165, 1.54) is 23.1 Å². The lowest BCUT2D eigenvalue weighted by atomic mass is 10.3. The van der Waals surface area contributed by atoms with Gasteiger partial charge in [0.05, 0.1) is 16.9 Å². The largest absolute Gasteiger partial charge is 0.481 e. The number of amides is 1. The number of hydrogen-bond donors (Lipinski definition) is 0. The second-order valence-corrected chi connectivity index (χ2v) is 7.26. The quantitative estimate of drug-likeness (QED) is 0.445. The highest BCUT2D eigenvalue weighted by Crippen LogP contribution is 2.32. The van der Waals surface area contributed by atoms with E-state index in [0.29, 0.717) is 5.69 Å². The van der Waals surface area contributed by atoms with Gasteiger partial charge in [0.1, 0.15) is 11.3 Å². The van der Waals surface area contributed by atoms with Crippen molar-refractivity contribution in [3.05, 3.63) is 83.9 Å². The molecular weight excluding hydrogens is 415 g/mol. The van der Waals surface area contributed by atoms with Crippen LogP contribution in [0.4, 0.5) is 18.3 Å². The molecule has 9 heteroatoms. The van der Waals surface area contributed by atoms with Gasteiger partial charge in [0.2, 0.25) is 0 Å². The van der Waals surface area contributed by atoms with Gasteiger partial charge >= 0.3 is 0 Å². The van der Waals surface area contributed by atoms with E-state index >= 15 is 0 Å². The first-order valence-corrected chi connectivity index (χ1v) is 9.66. The number of rotatable bonds is 6. The van der Waals surface area contributed by atoms with Crippen LogP contribution in [0, 0.1) is 17.5 Å². The van der Waals surface area contributed by atoms with Crippen molar-refractivity contribution in [3.8, 4) is 5.75 Å². The van der Waals surface area contributed by atoms with Gasteiger partial charge in [-0.15, -0.1) is 0 Å². The summed E-state index contributed by atoms with van der Waals surface area (Å²) in [5.74, 6) is -2.76. The van der Waals surface area contributed by atoms with E-state index < -0.39 is 30.0 Å². The van der Waals surface area contributed by atoms with Gasteiger partial charge in [-0.25, -0.2) is 18.2 Å². The number of ether oxygens (including phenoxy) is 1. The maximum absolute atomic E-state index is 14.1. The SMILES string of the molecule is O=C(COc1ccccc1F)N(Cc1ccccn1)c1nc2c(F)cc(F)cc2s1. The van der Waals surface area contributed by atoms with Crippen LogP contribution >= 0.6 is 11.3 Å². The maximum atomic E-state index is 14.1. The molecule has 0 fully saturated rings. The number of pyridine rings is 1. The summed E-state index contributed by atoms with van der Waals surface area (Å²) in [6.45, 7) is -0.440. The summed E-state index contributed by atoms with van der Waals surface area (Å²) in [7, 11) is 0. The van der Waals surface area contributed by atoms with Gasteiger partial charge in [-0.1, -0.05) is 29.5 Å². The molecule has 0 spiro atoms. The average molecular weight is 429 g/mol. The number of anilines is 1. The molecule has 0 saturated heterocycles. The monoisotopic (exact) mass is 429 g/mol. The molecular formula is C21H14F3N3O2S. The summed E-state index contributed by atoms with van der Waals surface area (Å²) in [5.41, 5.74) is 0.521. The molecule has 0 aliphatic carbocycles. The fourth-order valence-corrected chi connectivity index (χ4v) is 3.78. The van der Waals surface area contributed by atoms with Gasteiger partial charge < -0.3 is 4.74 Å². The summed E-state index contributed by atoms with van der Waals surface area (Å²) in [6.07, 6.45) is 1.57. The lowest BCUT2D eigenvalue weighted by molar-refractivity contribution is -0.120. The fraction of sp³-hybridized carbons (Fsp3) is 0.0952. The third-order valence-electron chi connectivity index (χ3n) is 4.17. The number of carbonyl (C=O) groups is 1. The van der Waals surface area contributed by atoms with Crippen LogP contribution in [0.1, 0.15) is 5.69 Å². The van der Waals surface area contributed by atoms with E-state index in [-0.39, 0.29) is 27.6 Å². The van der Waals surface area contributed by atoms with Gasteiger partial charge in [0.25, 0.3) is 5.91 Å². The molecule has 0 unspecified atom stereocenters. The minimum Gasteiger partial charge on any atom is -0.481 e. The van der Waals surface area contributed by atoms with Crippen LogP contribution in [0.25, 0.3) is 10.2 Å². The molecule has 152 valence electrons. The third kappa shape index (κ3) is 4.25. The van der Waals surface area contributed by atoms with Crippen LogP contribution < -0.4 is 9.64 Å². The van der Waals surface area contributed by atoms with Gasteiger partial charge in [-0.2, -0.15) is 0 Å². The van der Waals surface area contributed by atoms with Crippen LogP contribution in [-0.4, -0.2) is 22.5 Å². The Morgan fingerprint density at radius 3 is 2.60 bits per heavy atom. The predicted octanol–water partition coefficient (Wildman–Crippen LogP) is 4.72. The Hall–Kier alpha value is -3.46. The standard InChI is InChI=1S/C21H14F3N3O2S/c22-13-9-16(24)20-18(10-13)30-21(26-20)27(11-14-5-3-4-8-25-14)19(28)12-29-17-7-2-1-6-15(17)23/h1-10H,11-12H2. The second kappa shape index (κ2) is 8.50. The normalized spacial score (nSPS) is 10.9. The van der Waals surface area contributed by atoms with Gasteiger partial charge in [0.15, 0.2) is 29.1 Å². The number of para-hydroxylation sites is 1. The van der Waals surface area contributed by atoms with Crippen molar-refractivity contribution < 1.29 is 22.7 Å². The maximum Gasteiger partial charge on any atom is 0.267 e. The number of hydrogen-bond acceptors (Lipinski definition) is 5. The third-order valence-corrected chi connectivity index (χ3v) is 5.19. The number of fused-ring (bicyclic) bond motifs is 1. The molecule has 2 aromatic heterocycles. The van der Waals surface area contributed by atoms with E-state index in [0.717, 1.165) is 23.5 Å². The summed E-state index contributed by atoms with van der Waals surface area (Å²) in [6, 6.07) is 12.8. The molecule has 0 aliphatic heterocycles. The summed E-state index contributed by atoms with van der Waals surface area (Å²) < 4.78 is 47.0. The van der Waals surface area contributed by atoms with Crippen LogP contribution in [-0.2, 0) is 11.3 Å². The number of carbonyl (C=O) groups excluding carboxylic acids is 1. The molecule has 0 saturated carbocycles. The molecule has 0 aliphatic rings. The zero-order chi connectivity index (χ0) is 21.1. The number of benzene rings is 2. The smallest absolute Gasteiger partial charge is 0.267 e. The first-order valence-electron chi connectivity index (χ1n) is 8.84. The lowest BCUT2D eigenvalue weighted by Gasteiger charge is -2.19. The van der Waals surface area contributed by atoms with Crippen LogP contribution in [0.5, 0.6) is 5.75 Å². The van der Waals surface area contributed by atoms with Crippen LogP contribution in [0.2, 0.25) is 0 Å². The van der Waals surface area contributed by atoms with Crippen molar-refractivity contribution >= 4 is 32.6 Å². The first kappa shape index (κ1) is 19.8. The highest BCUT2D eigenvalue weighted by Gasteiger charge is 2.23. The molecule has 5 nitrogen and oxygen atoms in total. The zero-order valence-electron chi connectivity index (χ0n) is 15.4. The molecule has 1 amide bonds. The Labute approximate surface area is 173 Å². The lowest BCUT2D eigenvalue weighted by Crippen LogP contribution is -2.34. The van der Waals surface area contributed by atoms with Gasteiger partial charge in [-0.05, 0) is 30.3 Å². The van der Waals surface area contributed by atoms with E-state index in [9.17, 15) is 18.0 Å². The van der Waals surface area contributed by atoms with Gasteiger partial charge in [0, 0.05) is 12.3 Å². The Balaban J connectivity index is 1.65. The number of aromatic nitrogens is 2. The number of nitrogens with zero attached hydrogens (tertiary/aromatic N) is 3. The molecule has 0 bridgehead atoms. The Kier molecular flexibility index (Phi) is 5.62. The van der Waals surface area contributed by atoms with Crippen molar-refractivity contribution in [2.75, 3.05) is 11.5 Å². The Morgan fingerprint density at radius 1 is 1.03 bits per heavy atom. The van der Waals surface area contributed by atoms with E-state index in [4.69, 9.17) is 4.74 Å². The highest BCUT2D eigenvalue weighted by molar-refractivity contribution is 7.22. The predicted molar refractivity (Wildman–Crippen MR) is 107 cm³/mol. The summed E-state index contributed by atoms with van der Waals surface area (Å²) in [5, 5.41) is 0.155. The summed E-state index contributed by atoms with van der Waals surface area (Å²) >= 11 is 0.963. The van der Waals surface area contributed by atoms with Crippen LogP contribution in [0.15, 0.2) is 60.8 Å². The molecule has 0 N–H and O–H groups in total. The molecule has 4 rings (SSSR count). The van der Waals surface area contributed by atoms with Crippen molar-refractivity contribution in [3.63, 3.8) is 0 Å². The number of thiazole rings is 1. The molecule has 4 aromatic rings. The van der Waals surface area contributed by atoms with Crippen molar-refractivity contribution in [2.45, 2.75) is 6.54 Å². The molecule has 0 atom stereocenters. The van der Waals surface area contributed by atoms with Crippen molar-refractivity contribution in [2.24, 2.45) is 0 Å². The molecule has 2 aromatic carbocycles. The highest BCUT2D eigenvalue weighted by atomic mass is 32.1. The molecule has 2 heterocycles. The fourth-order valence-electron chi connectivity index (χ4n) is 2.76. The topological polar surface area (TPSA) is 55.3 Å².